The first kappa shape index (κ1) is 10.2. The molecule has 2 aromatic rings. The molecule has 0 radical (unpaired) electrons. The average Bonchev–Trinajstić information content (AvgIpc) is 2.59. The van der Waals surface area contributed by atoms with Gasteiger partial charge < -0.3 is 10.7 Å². The molecule has 15 heavy (non-hydrogen) atoms. The smallest absolute Gasteiger partial charge is 0.0929 e. The third-order valence-corrected chi connectivity index (χ3v) is 2.66. The zero-order valence-corrected chi connectivity index (χ0v) is 9.41. The van der Waals surface area contributed by atoms with Crippen molar-refractivity contribution in [1.82, 2.24) is 9.97 Å². The van der Waals surface area contributed by atoms with E-state index < -0.39 is 0 Å². The van der Waals surface area contributed by atoms with E-state index in [9.17, 15) is 0 Å². The van der Waals surface area contributed by atoms with E-state index in [4.69, 9.17) is 5.73 Å². The van der Waals surface area contributed by atoms with Gasteiger partial charge in [-0.05, 0) is 25.0 Å². The zero-order chi connectivity index (χ0) is 11.0. The first-order valence-corrected chi connectivity index (χ1v) is 5.33. The largest absolute Gasteiger partial charge is 0.360 e. The van der Waals surface area contributed by atoms with E-state index in [-0.39, 0.29) is 6.04 Å². The number of fused-ring (bicyclic) bond motifs is 1. The summed E-state index contributed by atoms with van der Waals surface area (Å²) < 4.78 is 0. The molecule has 0 saturated heterocycles. The third kappa shape index (κ3) is 1.75. The van der Waals surface area contributed by atoms with Crippen molar-refractivity contribution >= 4 is 11.0 Å². The van der Waals surface area contributed by atoms with Crippen LogP contribution >= 0.6 is 0 Å². The van der Waals surface area contributed by atoms with Gasteiger partial charge in [-0.2, -0.15) is 0 Å². The molecule has 0 spiro atoms. The molecule has 0 saturated carbocycles. The van der Waals surface area contributed by atoms with Crippen LogP contribution < -0.4 is 5.73 Å². The molecule has 3 nitrogen and oxygen atoms in total. The fourth-order valence-corrected chi connectivity index (χ4v) is 1.70. The van der Waals surface area contributed by atoms with Gasteiger partial charge in [0, 0.05) is 23.5 Å². The first-order chi connectivity index (χ1) is 7.09. The Labute approximate surface area is 89.7 Å². The standard InChI is InChI=1S/C12H17N3/c1-7(2)10-4-5-11-12(15-10)9(6-14-11)8(3)13/h4-8,14H,13H2,1-3H3. The minimum absolute atomic E-state index is 0.0219. The SMILES string of the molecule is CC(C)c1ccc2[nH]cc(C(C)N)c2n1. The Morgan fingerprint density at radius 2 is 2.00 bits per heavy atom. The van der Waals surface area contributed by atoms with Crippen LogP contribution in [0.15, 0.2) is 18.3 Å². The molecule has 0 amide bonds. The third-order valence-electron chi connectivity index (χ3n) is 2.66. The molecular weight excluding hydrogens is 186 g/mol. The minimum atomic E-state index is 0.0219. The second-order valence-electron chi connectivity index (χ2n) is 4.32. The van der Waals surface area contributed by atoms with Crippen LogP contribution in [0.25, 0.3) is 11.0 Å². The van der Waals surface area contributed by atoms with Crippen molar-refractivity contribution < 1.29 is 0 Å². The maximum Gasteiger partial charge on any atom is 0.0929 e. The Balaban J connectivity index is 2.61. The van der Waals surface area contributed by atoms with Gasteiger partial charge in [0.05, 0.1) is 11.0 Å². The topological polar surface area (TPSA) is 54.7 Å². The van der Waals surface area contributed by atoms with Gasteiger partial charge in [-0.1, -0.05) is 13.8 Å². The maximum absolute atomic E-state index is 5.89. The molecule has 0 bridgehead atoms. The number of nitrogens with two attached hydrogens (primary N) is 1. The number of aromatic amines is 1. The highest BCUT2D eigenvalue weighted by atomic mass is 14.8. The van der Waals surface area contributed by atoms with Crippen molar-refractivity contribution in [3.63, 3.8) is 0 Å². The van der Waals surface area contributed by atoms with Crippen molar-refractivity contribution in [2.45, 2.75) is 32.7 Å². The highest BCUT2D eigenvalue weighted by Crippen LogP contribution is 2.23. The van der Waals surface area contributed by atoms with Crippen LogP contribution in [0.1, 0.15) is 44.0 Å². The van der Waals surface area contributed by atoms with Crippen LogP contribution in [0.4, 0.5) is 0 Å². The predicted octanol–water partition coefficient (Wildman–Crippen LogP) is 2.71. The number of rotatable bonds is 2. The van der Waals surface area contributed by atoms with Gasteiger partial charge in [0.2, 0.25) is 0 Å². The summed E-state index contributed by atoms with van der Waals surface area (Å²) in [6.45, 7) is 6.27. The lowest BCUT2D eigenvalue weighted by Gasteiger charge is -2.06. The summed E-state index contributed by atoms with van der Waals surface area (Å²) in [5.74, 6) is 0.449. The molecule has 1 unspecified atom stereocenters. The van der Waals surface area contributed by atoms with Crippen molar-refractivity contribution in [3.8, 4) is 0 Å². The van der Waals surface area contributed by atoms with Gasteiger partial charge in [-0.25, -0.2) is 0 Å². The highest BCUT2D eigenvalue weighted by molar-refractivity contribution is 5.79. The summed E-state index contributed by atoms with van der Waals surface area (Å²) in [4.78, 5) is 7.84. The molecule has 1 atom stereocenters. The van der Waals surface area contributed by atoms with Crippen molar-refractivity contribution in [1.29, 1.82) is 0 Å². The van der Waals surface area contributed by atoms with Crippen LogP contribution in [0, 0.1) is 0 Å². The van der Waals surface area contributed by atoms with Crippen LogP contribution in [-0.2, 0) is 0 Å². The second kappa shape index (κ2) is 3.66. The van der Waals surface area contributed by atoms with E-state index in [1.807, 2.05) is 13.1 Å². The fourth-order valence-electron chi connectivity index (χ4n) is 1.70. The van der Waals surface area contributed by atoms with E-state index in [0.717, 1.165) is 22.3 Å². The Hall–Kier alpha value is -1.35. The lowest BCUT2D eigenvalue weighted by molar-refractivity contribution is 0.811. The molecule has 2 rings (SSSR count). The van der Waals surface area contributed by atoms with E-state index in [1.165, 1.54) is 0 Å². The summed E-state index contributed by atoms with van der Waals surface area (Å²) in [7, 11) is 0. The molecule has 0 aliphatic carbocycles. The Morgan fingerprint density at radius 3 is 2.60 bits per heavy atom. The number of aromatic nitrogens is 2. The summed E-state index contributed by atoms with van der Waals surface area (Å²) in [6.07, 6.45) is 1.95. The van der Waals surface area contributed by atoms with E-state index in [0.29, 0.717) is 5.92 Å². The lowest BCUT2D eigenvalue weighted by Crippen LogP contribution is -2.04. The Kier molecular flexibility index (Phi) is 2.49. The maximum atomic E-state index is 5.89. The number of pyridine rings is 1. The van der Waals surface area contributed by atoms with Crippen molar-refractivity contribution in [2.24, 2.45) is 5.73 Å². The molecular formula is C12H17N3. The number of nitrogens with one attached hydrogen (secondary N) is 1. The van der Waals surface area contributed by atoms with Crippen molar-refractivity contribution in [2.75, 3.05) is 0 Å². The Morgan fingerprint density at radius 1 is 1.27 bits per heavy atom. The quantitative estimate of drug-likeness (QED) is 0.788. The number of nitrogens with zero attached hydrogens (tertiary/aromatic N) is 1. The van der Waals surface area contributed by atoms with Gasteiger partial charge in [-0.15, -0.1) is 0 Å². The summed E-state index contributed by atoms with van der Waals surface area (Å²) in [5.41, 5.74) is 10.2. The number of H-pyrrole nitrogens is 1. The van der Waals surface area contributed by atoms with Crippen LogP contribution in [0.5, 0.6) is 0 Å². The molecule has 80 valence electrons. The molecule has 2 heterocycles. The number of hydrogen-bond donors (Lipinski definition) is 2. The van der Waals surface area contributed by atoms with E-state index >= 15 is 0 Å². The molecule has 3 heteroatoms. The second-order valence-corrected chi connectivity index (χ2v) is 4.32. The van der Waals surface area contributed by atoms with Gasteiger partial charge in [-0.3, -0.25) is 4.98 Å². The molecule has 0 aliphatic heterocycles. The molecule has 2 aromatic heterocycles. The van der Waals surface area contributed by atoms with Crippen LogP contribution in [0.3, 0.4) is 0 Å². The van der Waals surface area contributed by atoms with Gasteiger partial charge in [0.1, 0.15) is 0 Å². The fraction of sp³-hybridized carbons (Fsp3) is 0.417. The van der Waals surface area contributed by atoms with Crippen LogP contribution in [-0.4, -0.2) is 9.97 Å². The van der Waals surface area contributed by atoms with E-state index in [2.05, 4.69) is 35.9 Å². The summed E-state index contributed by atoms with van der Waals surface area (Å²) >= 11 is 0. The lowest BCUT2D eigenvalue weighted by atomic mass is 10.1. The number of hydrogen-bond acceptors (Lipinski definition) is 2. The van der Waals surface area contributed by atoms with Gasteiger partial charge in [0.15, 0.2) is 0 Å². The molecule has 0 aliphatic rings. The summed E-state index contributed by atoms with van der Waals surface area (Å²) in [5, 5.41) is 0. The zero-order valence-electron chi connectivity index (χ0n) is 9.41. The Bertz CT molecular complexity index is 469. The average molecular weight is 203 g/mol. The molecule has 0 aromatic carbocycles. The van der Waals surface area contributed by atoms with Crippen molar-refractivity contribution in [3.05, 3.63) is 29.6 Å². The predicted molar refractivity (Wildman–Crippen MR) is 62.8 cm³/mol. The molecule has 0 fully saturated rings. The summed E-state index contributed by atoms with van der Waals surface area (Å²) in [6, 6.07) is 4.16. The normalized spacial score (nSPS) is 13.7. The minimum Gasteiger partial charge on any atom is -0.360 e. The van der Waals surface area contributed by atoms with Gasteiger partial charge in [0.25, 0.3) is 0 Å². The van der Waals surface area contributed by atoms with Crippen LogP contribution in [0.2, 0.25) is 0 Å². The highest BCUT2D eigenvalue weighted by Gasteiger charge is 2.10. The first-order valence-electron chi connectivity index (χ1n) is 5.33. The molecule has 3 N–H and O–H groups in total. The van der Waals surface area contributed by atoms with Gasteiger partial charge >= 0.3 is 0 Å². The van der Waals surface area contributed by atoms with E-state index in [1.54, 1.807) is 0 Å². The monoisotopic (exact) mass is 203 g/mol.